The Morgan fingerprint density at radius 3 is 3.10 bits per heavy atom. The number of nitrogen functional groups attached to an aromatic ring is 1. The molecule has 4 nitrogen and oxygen atoms in total. The molecule has 1 aliphatic rings. The van der Waals surface area contributed by atoms with Gasteiger partial charge >= 0.3 is 0 Å². The van der Waals surface area contributed by atoms with Gasteiger partial charge in [-0.15, -0.1) is 11.3 Å². The summed E-state index contributed by atoms with van der Waals surface area (Å²) in [6.07, 6.45) is 0.946. The Bertz CT molecular complexity index is 833. The second-order valence-electron chi connectivity index (χ2n) is 5.34. The molecule has 0 saturated carbocycles. The molecule has 0 spiro atoms. The van der Waals surface area contributed by atoms with E-state index >= 15 is 0 Å². The van der Waals surface area contributed by atoms with E-state index in [1.165, 1.54) is 10.4 Å². The number of thiophene rings is 1. The third-order valence-corrected chi connectivity index (χ3v) is 5.04. The Hall–Kier alpha value is -2.27. The zero-order valence-electron chi connectivity index (χ0n) is 11.4. The van der Waals surface area contributed by atoms with E-state index in [1.54, 1.807) is 11.3 Å². The fourth-order valence-corrected chi connectivity index (χ4v) is 3.78. The van der Waals surface area contributed by atoms with Crippen LogP contribution in [0.2, 0.25) is 0 Å². The predicted molar refractivity (Wildman–Crippen MR) is 85.5 cm³/mol. The Kier molecular flexibility index (Phi) is 2.75. The highest BCUT2D eigenvalue weighted by Crippen LogP contribution is 2.26. The Morgan fingerprint density at radius 1 is 1.33 bits per heavy atom. The summed E-state index contributed by atoms with van der Waals surface area (Å²) < 4.78 is 0. The molecular formula is C16H15N3OS. The van der Waals surface area contributed by atoms with Gasteiger partial charge in [-0.1, -0.05) is 12.1 Å². The van der Waals surface area contributed by atoms with Crippen molar-refractivity contribution in [3.8, 4) is 0 Å². The Balaban J connectivity index is 1.66. The second-order valence-corrected chi connectivity index (χ2v) is 6.34. The predicted octanol–water partition coefficient (Wildman–Crippen LogP) is 3.01. The third kappa shape index (κ3) is 2.01. The van der Waals surface area contributed by atoms with Crippen LogP contribution in [0.25, 0.3) is 10.9 Å². The van der Waals surface area contributed by atoms with Crippen molar-refractivity contribution in [3.05, 3.63) is 51.8 Å². The van der Waals surface area contributed by atoms with Crippen LogP contribution < -0.4 is 5.73 Å². The van der Waals surface area contributed by atoms with Crippen molar-refractivity contribution in [2.45, 2.75) is 13.0 Å². The lowest BCUT2D eigenvalue weighted by molar-refractivity contribution is 0.0731. The zero-order chi connectivity index (χ0) is 14.4. The number of hydrogen-bond donors (Lipinski definition) is 2. The first-order valence-electron chi connectivity index (χ1n) is 6.94. The summed E-state index contributed by atoms with van der Waals surface area (Å²) in [7, 11) is 0. The third-order valence-electron chi connectivity index (χ3n) is 4.01. The smallest absolute Gasteiger partial charge is 0.270 e. The highest BCUT2D eigenvalue weighted by molar-refractivity contribution is 7.10. The van der Waals surface area contributed by atoms with Crippen LogP contribution in [0.3, 0.4) is 0 Å². The monoisotopic (exact) mass is 297 g/mol. The van der Waals surface area contributed by atoms with Gasteiger partial charge in [-0.05, 0) is 35.6 Å². The number of aromatic amines is 1. The lowest BCUT2D eigenvalue weighted by Gasteiger charge is -2.26. The van der Waals surface area contributed by atoms with Gasteiger partial charge in [0.1, 0.15) is 5.69 Å². The molecule has 3 heterocycles. The molecule has 0 fully saturated rings. The van der Waals surface area contributed by atoms with Crippen LogP contribution in [0.15, 0.2) is 35.7 Å². The summed E-state index contributed by atoms with van der Waals surface area (Å²) in [5.74, 6) is 0.0439. The average Bonchev–Trinajstić information content (AvgIpc) is 3.12. The number of rotatable bonds is 1. The van der Waals surface area contributed by atoms with Gasteiger partial charge in [-0.2, -0.15) is 0 Å². The molecule has 3 N–H and O–H groups in total. The number of fused-ring (bicyclic) bond motifs is 2. The van der Waals surface area contributed by atoms with Gasteiger partial charge in [-0.25, -0.2) is 0 Å². The lowest BCUT2D eigenvalue weighted by Crippen LogP contribution is -2.35. The van der Waals surface area contributed by atoms with Crippen molar-refractivity contribution in [2.75, 3.05) is 12.3 Å². The molecule has 0 unspecified atom stereocenters. The summed E-state index contributed by atoms with van der Waals surface area (Å²) in [6, 6.07) is 9.70. The van der Waals surface area contributed by atoms with Gasteiger partial charge < -0.3 is 15.6 Å². The maximum atomic E-state index is 12.7. The molecule has 5 heteroatoms. The molecule has 0 atom stereocenters. The van der Waals surface area contributed by atoms with Crippen molar-refractivity contribution < 1.29 is 4.79 Å². The van der Waals surface area contributed by atoms with Gasteiger partial charge in [0.25, 0.3) is 5.91 Å². The van der Waals surface area contributed by atoms with Gasteiger partial charge in [0.15, 0.2) is 0 Å². The van der Waals surface area contributed by atoms with Crippen LogP contribution >= 0.6 is 11.3 Å². The van der Waals surface area contributed by atoms with Gasteiger partial charge in [-0.3, -0.25) is 4.79 Å². The summed E-state index contributed by atoms with van der Waals surface area (Å²) in [4.78, 5) is 19.1. The molecule has 3 aromatic rings. The van der Waals surface area contributed by atoms with E-state index in [0.717, 1.165) is 23.9 Å². The number of nitrogens with two attached hydrogens (primary N) is 1. The van der Waals surface area contributed by atoms with Crippen molar-refractivity contribution in [1.29, 1.82) is 0 Å². The lowest BCUT2D eigenvalue weighted by atomic mass is 10.1. The fourth-order valence-electron chi connectivity index (χ4n) is 2.89. The Morgan fingerprint density at radius 2 is 2.24 bits per heavy atom. The normalized spacial score (nSPS) is 14.4. The van der Waals surface area contributed by atoms with Crippen LogP contribution in [0.4, 0.5) is 5.69 Å². The maximum absolute atomic E-state index is 12.7. The number of H-pyrrole nitrogens is 1. The van der Waals surface area contributed by atoms with Crippen molar-refractivity contribution in [1.82, 2.24) is 9.88 Å². The summed E-state index contributed by atoms with van der Waals surface area (Å²) >= 11 is 1.78. The van der Waals surface area contributed by atoms with Crippen LogP contribution in [0.5, 0.6) is 0 Å². The molecule has 0 bridgehead atoms. The number of carbonyl (C=O) groups excluding carboxylic acids is 1. The average molecular weight is 297 g/mol. The molecular weight excluding hydrogens is 282 g/mol. The topological polar surface area (TPSA) is 62.1 Å². The number of anilines is 1. The SMILES string of the molecule is Nc1cccc2cc(C(=O)N3CCc4sccc4C3)[nH]c12. The highest BCUT2D eigenvalue weighted by Gasteiger charge is 2.23. The van der Waals surface area contributed by atoms with Crippen LogP contribution in [0.1, 0.15) is 20.9 Å². The van der Waals surface area contributed by atoms with Crippen LogP contribution in [-0.2, 0) is 13.0 Å². The van der Waals surface area contributed by atoms with Crippen LogP contribution in [-0.4, -0.2) is 22.3 Å². The minimum Gasteiger partial charge on any atom is -0.397 e. The molecule has 1 aliphatic heterocycles. The number of para-hydroxylation sites is 1. The zero-order valence-corrected chi connectivity index (χ0v) is 12.2. The van der Waals surface area contributed by atoms with Crippen molar-refractivity contribution in [3.63, 3.8) is 0 Å². The molecule has 106 valence electrons. The number of benzene rings is 1. The van der Waals surface area contributed by atoms with E-state index < -0.39 is 0 Å². The summed E-state index contributed by atoms with van der Waals surface area (Å²) in [5, 5.41) is 3.08. The second kappa shape index (κ2) is 4.63. The maximum Gasteiger partial charge on any atom is 0.270 e. The molecule has 0 saturated heterocycles. The van der Waals surface area contributed by atoms with E-state index in [4.69, 9.17) is 5.73 Å². The summed E-state index contributed by atoms with van der Waals surface area (Å²) in [6.45, 7) is 1.47. The van der Waals surface area contributed by atoms with Crippen molar-refractivity contribution in [2.24, 2.45) is 0 Å². The highest BCUT2D eigenvalue weighted by atomic mass is 32.1. The Labute approximate surface area is 126 Å². The van der Waals surface area contributed by atoms with Crippen molar-refractivity contribution >= 4 is 33.8 Å². The minimum atomic E-state index is 0.0439. The molecule has 1 amide bonds. The number of amides is 1. The fraction of sp³-hybridized carbons (Fsp3) is 0.188. The first kappa shape index (κ1) is 12.5. The quantitative estimate of drug-likeness (QED) is 0.678. The van der Waals surface area contributed by atoms with E-state index in [9.17, 15) is 4.79 Å². The largest absolute Gasteiger partial charge is 0.397 e. The number of nitrogens with zero attached hydrogens (tertiary/aromatic N) is 1. The molecule has 0 aliphatic carbocycles. The first-order chi connectivity index (χ1) is 10.2. The number of carbonyl (C=O) groups is 1. The molecule has 0 radical (unpaired) electrons. The molecule has 1 aromatic carbocycles. The van der Waals surface area contributed by atoms with E-state index in [2.05, 4.69) is 16.4 Å². The number of hydrogen-bond acceptors (Lipinski definition) is 3. The number of nitrogens with one attached hydrogen (secondary N) is 1. The van der Waals surface area contributed by atoms with Gasteiger partial charge in [0.2, 0.25) is 0 Å². The molecule has 2 aromatic heterocycles. The number of aromatic nitrogens is 1. The minimum absolute atomic E-state index is 0.0439. The standard InChI is InChI=1S/C16H15N3OS/c17-12-3-1-2-10-8-13(18-15(10)12)16(20)19-6-4-14-11(9-19)5-7-21-14/h1-3,5,7-8,18H,4,6,9,17H2. The van der Waals surface area contributed by atoms with Gasteiger partial charge in [0, 0.05) is 23.4 Å². The van der Waals surface area contributed by atoms with Gasteiger partial charge in [0.05, 0.1) is 11.2 Å². The van der Waals surface area contributed by atoms with E-state index in [-0.39, 0.29) is 5.91 Å². The molecule has 4 rings (SSSR count). The van der Waals surface area contributed by atoms with E-state index in [1.807, 2.05) is 29.2 Å². The van der Waals surface area contributed by atoms with Crippen LogP contribution in [0, 0.1) is 0 Å². The van der Waals surface area contributed by atoms with E-state index in [0.29, 0.717) is 17.9 Å². The molecule has 21 heavy (non-hydrogen) atoms. The summed E-state index contributed by atoms with van der Waals surface area (Å²) in [5.41, 5.74) is 9.34. The first-order valence-corrected chi connectivity index (χ1v) is 7.82.